The highest BCUT2D eigenvalue weighted by Gasteiger charge is 2.33. The molecule has 0 saturated heterocycles. The van der Waals surface area contributed by atoms with Gasteiger partial charge in [0.25, 0.3) is 0 Å². The van der Waals surface area contributed by atoms with Crippen LogP contribution in [0.5, 0.6) is 0 Å². The molecule has 0 fully saturated rings. The summed E-state index contributed by atoms with van der Waals surface area (Å²) in [6, 6.07) is 10.2. The number of hydrogen-bond donors (Lipinski definition) is 10. The molecule has 14 nitrogen and oxygen atoms in total. The predicted molar refractivity (Wildman–Crippen MR) is 184 cm³/mol. The van der Waals surface area contributed by atoms with E-state index in [1.807, 2.05) is 24.3 Å². The molecular weight excluding hydrogens is 638 g/mol. The summed E-state index contributed by atoms with van der Waals surface area (Å²) in [4.78, 5) is 68.3. The van der Waals surface area contributed by atoms with Crippen molar-refractivity contribution in [2.24, 2.45) is 11.5 Å². The first kappa shape index (κ1) is 38.0. The molecule has 3 rings (SSSR count). The number of aliphatic carboxylic acids is 1. The fourth-order valence-corrected chi connectivity index (χ4v) is 5.35. The minimum absolute atomic E-state index is 0.0249. The summed E-state index contributed by atoms with van der Waals surface area (Å²) in [6.45, 7) is 1.67. The largest absolute Gasteiger partial charge is 0.480 e. The SMILES string of the molecule is C[C@@H](O)[C@H](NC(=O)[C@H](CS)NC(=O)[C@H](Cc1ccccc1)NC(=O)[C@H](Cc1c[nH]c2ccccc12)NC(=O)[C@@H](N)CCCCN)C(=O)O. The number of carbonyl (C=O) groups excluding carboxylic acids is 4. The number of nitrogens with two attached hydrogens (primary N) is 2. The zero-order chi connectivity index (χ0) is 35.2. The highest BCUT2D eigenvalue weighted by atomic mass is 32.1. The first-order valence-corrected chi connectivity index (χ1v) is 16.4. The van der Waals surface area contributed by atoms with E-state index in [1.54, 1.807) is 36.5 Å². The van der Waals surface area contributed by atoms with Crippen molar-refractivity contribution in [1.82, 2.24) is 26.3 Å². The van der Waals surface area contributed by atoms with Crippen LogP contribution in [-0.4, -0.2) is 93.4 Å². The van der Waals surface area contributed by atoms with Crippen LogP contribution in [0.1, 0.15) is 37.3 Å². The van der Waals surface area contributed by atoms with Gasteiger partial charge in [-0.3, -0.25) is 19.2 Å². The number of thiol groups is 1. The van der Waals surface area contributed by atoms with Crippen LogP contribution in [0.3, 0.4) is 0 Å². The molecule has 3 aromatic rings. The van der Waals surface area contributed by atoms with Gasteiger partial charge < -0.3 is 47.9 Å². The van der Waals surface area contributed by atoms with E-state index in [-0.39, 0.29) is 18.6 Å². The molecule has 11 N–H and O–H groups in total. The summed E-state index contributed by atoms with van der Waals surface area (Å²) in [5.74, 6) is -4.50. The van der Waals surface area contributed by atoms with E-state index in [0.29, 0.717) is 31.4 Å². The van der Waals surface area contributed by atoms with Crippen molar-refractivity contribution in [3.05, 3.63) is 71.9 Å². The van der Waals surface area contributed by atoms with Crippen molar-refractivity contribution >= 4 is 53.1 Å². The molecule has 1 aromatic heterocycles. The third-order valence-corrected chi connectivity index (χ3v) is 8.18. The topological polar surface area (TPSA) is 242 Å². The lowest BCUT2D eigenvalue weighted by molar-refractivity contribution is -0.145. The molecule has 1 heterocycles. The molecule has 0 spiro atoms. The van der Waals surface area contributed by atoms with E-state index >= 15 is 0 Å². The molecule has 0 radical (unpaired) electrons. The van der Waals surface area contributed by atoms with Gasteiger partial charge in [-0.15, -0.1) is 0 Å². The summed E-state index contributed by atoms with van der Waals surface area (Å²) in [7, 11) is 0. The minimum Gasteiger partial charge on any atom is -0.480 e. The van der Waals surface area contributed by atoms with Crippen LogP contribution < -0.4 is 32.7 Å². The third-order valence-electron chi connectivity index (χ3n) is 7.82. The molecular formula is C33H45N7O7S. The smallest absolute Gasteiger partial charge is 0.328 e. The first-order valence-electron chi connectivity index (χ1n) is 15.7. The maximum atomic E-state index is 14.0. The van der Waals surface area contributed by atoms with Gasteiger partial charge in [0.2, 0.25) is 23.6 Å². The lowest BCUT2D eigenvalue weighted by atomic mass is 10.0. The number of aliphatic hydroxyl groups is 1. The van der Waals surface area contributed by atoms with Gasteiger partial charge in [-0.05, 0) is 43.5 Å². The Morgan fingerprint density at radius 2 is 1.40 bits per heavy atom. The van der Waals surface area contributed by atoms with Gasteiger partial charge >= 0.3 is 5.97 Å². The second-order valence-electron chi connectivity index (χ2n) is 11.6. The van der Waals surface area contributed by atoms with Crippen molar-refractivity contribution in [1.29, 1.82) is 0 Å². The Morgan fingerprint density at radius 1 is 0.812 bits per heavy atom. The van der Waals surface area contributed by atoms with Gasteiger partial charge in [0, 0.05) is 35.7 Å². The van der Waals surface area contributed by atoms with E-state index < -0.39 is 65.9 Å². The Morgan fingerprint density at radius 3 is 2.02 bits per heavy atom. The highest BCUT2D eigenvalue weighted by Crippen LogP contribution is 2.19. The van der Waals surface area contributed by atoms with Crippen LogP contribution in [0.25, 0.3) is 10.9 Å². The van der Waals surface area contributed by atoms with Crippen LogP contribution in [-0.2, 0) is 36.8 Å². The highest BCUT2D eigenvalue weighted by molar-refractivity contribution is 7.80. The van der Waals surface area contributed by atoms with Crippen molar-refractivity contribution in [2.75, 3.05) is 12.3 Å². The lowest BCUT2D eigenvalue weighted by Gasteiger charge is -2.26. The molecule has 0 saturated carbocycles. The number of para-hydroxylation sites is 1. The average Bonchev–Trinajstić information content (AvgIpc) is 3.47. The molecule has 15 heteroatoms. The van der Waals surface area contributed by atoms with E-state index in [0.717, 1.165) is 16.5 Å². The molecule has 0 bridgehead atoms. The van der Waals surface area contributed by atoms with Crippen LogP contribution in [0.15, 0.2) is 60.8 Å². The van der Waals surface area contributed by atoms with Gasteiger partial charge in [0.05, 0.1) is 12.1 Å². The molecule has 260 valence electrons. The van der Waals surface area contributed by atoms with Crippen LogP contribution in [0.2, 0.25) is 0 Å². The Kier molecular flexibility index (Phi) is 14.9. The van der Waals surface area contributed by atoms with E-state index in [9.17, 15) is 34.2 Å². The number of carboxylic acid groups (broad SMARTS) is 1. The second kappa shape index (κ2) is 18.8. The third kappa shape index (κ3) is 11.1. The van der Waals surface area contributed by atoms with Gasteiger partial charge in [-0.25, -0.2) is 4.79 Å². The number of unbranched alkanes of at least 4 members (excludes halogenated alkanes) is 1. The first-order chi connectivity index (χ1) is 22.9. The number of fused-ring (bicyclic) bond motifs is 1. The van der Waals surface area contributed by atoms with Crippen LogP contribution >= 0.6 is 12.6 Å². The molecule has 6 atom stereocenters. The number of hydrogen-bond acceptors (Lipinski definition) is 9. The summed E-state index contributed by atoms with van der Waals surface area (Å²) < 4.78 is 0. The summed E-state index contributed by atoms with van der Waals surface area (Å²) in [5, 5.41) is 30.2. The van der Waals surface area contributed by atoms with Gasteiger partial charge in [-0.2, -0.15) is 12.6 Å². The van der Waals surface area contributed by atoms with Gasteiger partial charge in [0.1, 0.15) is 18.1 Å². The Hall–Kier alpha value is -4.44. The van der Waals surface area contributed by atoms with Crippen molar-refractivity contribution < 1.29 is 34.2 Å². The normalized spacial score (nSPS) is 14.9. The standard InChI is InChI=1S/C33H45N7O7S/c1-19(41)28(33(46)47)40-32(45)27(18-48)39-30(43)25(15-20-9-3-2-4-10-20)38-31(44)26(37-29(42)23(35)12-7-8-14-34)16-21-17-36-24-13-6-5-11-22(21)24/h2-6,9-11,13,17,19,23,25-28,36,41,48H,7-8,12,14-16,18,34-35H2,1H3,(H,37,42)(H,38,44)(H,39,43)(H,40,45)(H,46,47)/t19-,23+,25+,26+,27+,28+/m1/s1. The molecule has 0 unspecified atom stereocenters. The molecule has 0 aliphatic rings. The summed E-state index contributed by atoms with van der Waals surface area (Å²) >= 11 is 4.15. The second-order valence-corrected chi connectivity index (χ2v) is 11.9. The minimum atomic E-state index is -1.62. The van der Waals surface area contributed by atoms with E-state index in [4.69, 9.17) is 11.5 Å². The maximum absolute atomic E-state index is 14.0. The number of aromatic nitrogens is 1. The molecule has 4 amide bonds. The Bertz CT molecular complexity index is 1530. The fraction of sp³-hybridized carbons (Fsp3) is 0.424. The monoisotopic (exact) mass is 683 g/mol. The maximum Gasteiger partial charge on any atom is 0.328 e. The molecule has 0 aliphatic carbocycles. The lowest BCUT2D eigenvalue weighted by Crippen LogP contribution is -2.60. The van der Waals surface area contributed by atoms with E-state index in [2.05, 4.69) is 38.9 Å². The number of rotatable bonds is 19. The van der Waals surface area contributed by atoms with Gasteiger partial charge in [-0.1, -0.05) is 55.0 Å². The quantitative estimate of drug-likeness (QED) is 0.0591. The van der Waals surface area contributed by atoms with Gasteiger partial charge in [0.15, 0.2) is 6.04 Å². The number of benzene rings is 2. The Labute approximate surface area is 284 Å². The number of carbonyl (C=O) groups is 5. The summed E-state index contributed by atoms with van der Waals surface area (Å²) in [5.41, 5.74) is 14.0. The molecule has 48 heavy (non-hydrogen) atoms. The zero-order valence-corrected chi connectivity index (χ0v) is 27.6. The fourth-order valence-electron chi connectivity index (χ4n) is 5.09. The van der Waals surface area contributed by atoms with Crippen molar-refractivity contribution in [3.63, 3.8) is 0 Å². The average molecular weight is 684 g/mol. The predicted octanol–water partition coefficient (Wildman–Crippen LogP) is -0.256. The molecule has 2 aromatic carbocycles. The zero-order valence-electron chi connectivity index (χ0n) is 26.7. The number of nitrogens with one attached hydrogen (secondary N) is 5. The van der Waals surface area contributed by atoms with E-state index in [1.165, 1.54) is 6.92 Å². The van der Waals surface area contributed by atoms with Crippen LogP contribution in [0.4, 0.5) is 0 Å². The van der Waals surface area contributed by atoms with Crippen molar-refractivity contribution in [3.8, 4) is 0 Å². The Balaban J connectivity index is 1.87. The van der Waals surface area contributed by atoms with Crippen molar-refractivity contribution in [2.45, 2.75) is 75.3 Å². The number of carboxylic acids is 1. The number of amides is 4. The summed E-state index contributed by atoms with van der Waals surface area (Å²) in [6.07, 6.45) is 2.14. The number of aliphatic hydroxyl groups excluding tert-OH is 1. The molecule has 0 aliphatic heterocycles. The number of H-pyrrole nitrogens is 1. The van der Waals surface area contributed by atoms with Crippen LogP contribution in [0, 0.1) is 0 Å². The number of aromatic amines is 1.